The van der Waals surface area contributed by atoms with Crippen molar-refractivity contribution in [3.63, 3.8) is 0 Å². The van der Waals surface area contributed by atoms with Gasteiger partial charge < -0.3 is 10.3 Å². The molecule has 2 fully saturated rings. The summed E-state index contributed by atoms with van der Waals surface area (Å²) in [6.07, 6.45) is 2.44. The quantitative estimate of drug-likeness (QED) is 0.341. The van der Waals surface area contributed by atoms with Gasteiger partial charge in [0.1, 0.15) is 5.54 Å². The molecule has 4 aromatic rings. The van der Waals surface area contributed by atoms with Crippen molar-refractivity contribution in [2.75, 3.05) is 10.2 Å². The highest BCUT2D eigenvalue weighted by atomic mass is 79.9. The van der Waals surface area contributed by atoms with Gasteiger partial charge in [-0.05, 0) is 42.3 Å². The predicted octanol–water partition coefficient (Wildman–Crippen LogP) is 4.10. The van der Waals surface area contributed by atoms with Crippen LogP contribution in [0.2, 0.25) is 0 Å². The number of fused-ring (bicyclic) bond motifs is 5. The first kappa shape index (κ1) is 21.5. The van der Waals surface area contributed by atoms with E-state index in [0.29, 0.717) is 23.4 Å². The van der Waals surface area contributed by atoms with Crippen LogP contribution in [-0.4, -0.2) is 28.7 Å². The molecule has 4 heterocycles. The molecular weight excluding hydrogens is 520 g/mol. The summed E-state index contributed by atoms with van der Waals surface area (Å²) in [5, 5.41) is 7.54. The van der Waals surface area contributed by atoms with Gasteiger partial charge in [-0.1, -0.05) is 58.4 Å². The highest BCUT2D eigenvalue weighted by Gasteiger charge is 2.70. The maximum Gasteiger partial charge on any atom is 0.250 e. The Balaban J connectivity index is 1.38. The van der Waals surface area contributed by atoms with E-state index in [-0.39, 0.29) is 17.7 Å². The lowest BCUT2D eigenvalue weighted by Gasteiger charge is -2.29. The Hall–Kier alpha value is -3.75. The number of hydrogen-bond donors (Lipinski definition) is 3. The normalized spacial score (nSPS) is 26.6. The molecule has 7 nitrogen and oxygen atoms in total. The van der Waals surface area contributed by atoms with E-state index in [1.807, 2.05) is 60.8 Å². The molecule has 3 aromatic carbocycles. The molecular formula is C28H21BrN4O3. The first-order valence-electron chi connectivity index (χ1n) is 11.9. The molecule has 3 amide bonds. The molecule has 2 unspecified atom stereocenters. The van der Waals surface area contributed by atoms with Crippen molar-refractivity contribution >= 4 is 55.9 Å². The zero-order valence-corrected chi connectivity index (χ0v) is 20.6. The summed E-state index contributed by atoms with van der Waals surface area (Å²) >= 11 is 3.45. The van der Waals surface area contributed by atoms with Crippen LogP contribution in [0.5, 0.6) is 0 Å². The molecule has 7 rings (SSSR count). The minimum absolute atomic E-state index is 0.283. The summed E-state index contributed by atoms with van der Waals surface area (Å²) in [7, 11) is 0. The van der Waals surface area contributed by atoms with Crippen LogP contribution in [0.4, 0.5) is 11.4 Å². The number of carbonyl (C=O) groups excluding carboxylic acids is 3. The van der Waals surface area contributed by atoms with Gasteiger partial charge in [0.25, 0.3) is 0 Å². The molecule has 4 atom stereocenters. The van der Waals surface area contributed by atoms with Crippen molar-refractivity contribution in [2.24, 2.45) is 11.8 Å². The number of imide groups is 1. The molecule has 0 aliphatic carbocycles. The third kappa shape index (κ3) is 2.79. The third-order valence-corrected chi connectivity index (χ3v) is 8.30. The van der Waals surface area contributed by atoms with Crippen LogP contribution in [0.15, 0.2) is 83.5 Å². The number of nitrogens with one attached hydrogen (secondary N) is 3. The summed E-state index contributed by atoms with van der Waals surface area (Å²) in [6.45, 7) is 0. The summed E-state index contributed by atoms with van der Waals surface area (Å²) in [6, 6.07) is 22.1. The van der Waals surface area contributed by atoms with Crippen LogP contribution >= 0.6 is 15.9 Å². The highest BCUT2D eigenvalue weighted by molar-refractivity contribution is 9.10. The van der Waals surface area contributed by atoms with Crippen LogP contribution < -0.4 is 15.5 Å². The van der Waals surface area contributed by atoms with E-state index in [4.69, 9.17) is 0 Å². The average Bonchev–Trinajstić information content (AvgIpc) is 3.58. The fourth-order valence-corrected chi connectivity index (χ4v) is 6.73. The van der Waals surface area contributed by atoms with Crippen molar-refractivity contribution < 1.29 is 14.4 Å². The van der Waals surface area contributed by atoms with Crippen molar-refractivity contribution in [3.05, 3.63) is 94.6 Å². The number of anilines is 2. The van der Waals surface area contributed by atoms with Gasteiger partial charge in [0.15, 0.2) is 0 Å². The smallest absolute Gasteiger partial charge is 0.250 e. The summed E-state index contributed by atoms with van der Waals surface area (Å²) in [5.74, 6) is -2.49. The Morgan fingerprint density at radius 3 is 2.58 bits per heavy atom. The Labute approximate surface area is 215 Å². The van der Waals surface area contributed by atoms with E-state index in [1.165, 1.54) is 4.90 Å². The van der Waals surface area contributed by atoms with Gasteiger partial charge in [-0.25, -0.2) is 4.90 Å². The standard InChI is InChI=1S/C28H21BrN4O3/c29-16-6-5-7-17(13-16)33-25(34)23-22(12-15-14-30-20-10-3-1-8-18(15)20)32-28(24(23)26(33)35)19-9-2-4-11-21(19)31-27(28)36/h1-11,13-14,22-24,30,32H,12H2,(H,31,36)/t22?,23-,24+,28?/m1/s1. The van der Waals surface area contributed by atoms with E-state index in [1.54, 1.807) is 18.2 Å². The van der Waals surface area contributed by atoms with Crippen molar-refractivity contribution in [1.29, 1.82) is 0 Å². The minimum Gasteiger partial charge on any atom is -0.361 e. The Kier molecular flexibility index (Phi) is 4.56. The Morgan fingerprint density at radius 2 is 1.72 bits per heavy atom. The van der Waals surface area contributed by atoms with Gasteiger partial charge >= 0.3 is 0 Å². The van der Waals surface area contributed by atoms with Gasteiger partial charge in [-0.2, -0.15) is 0 Å². The van der Waals surface area contributed by atoms with Gasteiger partial charge in [-0.3, -0.25) is 19.7 Å². The fraction of sp³-hybridized carbons (Fsp3) is 0.179. The number of aromatic amines is 1. The highest BCUT2D eigenvalue weighted by Crippen LogP contribution is 2.54. The largest absolute Gasteiger partial charge is 0.361 e. The van der Waals surface area contributed by atoms with E-state index in [9.17, 15) is 14.4 Å². The van der Waals surface area contributed by atoms with Gasteiger partial charge in [-0.15, -0.1) is 0 Å². The molecule has 3 N–H and O–H groups in total. The molecule has 178 valence electrons. The topological polar surface area (TPSA) is 94.3 Å². The van der Waals surface area contributed by atoms with Crippen LogP contribution in [0.3, 0.4) is 0 Å². The zero-order valence-electron chi connectivity index (χ0n) is 19.0. The number of hydrogen-bond acceptors (Lipinski definition) is 4. The average molecular weight is 541 g/mol. The number of para-hydroxylation sites is 2. The van der Waals surface area contributed by atoms with Crippen molar-refractivity contribution in [2.45, 2.75) is 18.0 Å². The van der Waals surface area contributed by atoms with Gasteiger partial charge in [0, 0.05) is 38.9 Å². The summed E-state index contributed by atoms with van der Waals surface area (Å²) in [5.41, 5.74) is 2.61. The molecule has 1 spiro atoms. The molecule has 2 saturated heterocycles. The number of H-pyrrole nitrogens is 1. The van der Waals surface area contributed by atoms with Crippen LogP contribution in [0.1, 0.15) is 11.1 Å². The second kappa shape index (κ2) is 7.62. The van der Waals surface area contributed by atoms with E-state index in [0.717, 1.165) is 20.9 Å². The number of benzene rings is 3. The lowest BCUT2D eigenvalue weighted by Crippen LogP contribution is -2.53. The van der Waals surface area contributed by atoms with Crippen LogP contribution in [-0.2, 0) is 26.3 Å². The molecule has 1 aromatic heterocycles. The van der Waals surface area contributed by atoms with E-state index >= 15 is 0 Å². The first-order valence-corrected chi connectivity index (χ1v) is 12.7. The lowest BCUT2D eigenvalue weighted by atomic mass is 9.76. The number of carbonyl (C=O) groups is 3. The fourth-order valence-electron chi connectivity index (χ4n) is 6.34. The summed E-state index contributed by atoms with van der Waals surface area (Å²) in [4.78, 5) is 46.2. The summed E-state index contributed by atoms with van der Waals surface area (Å²) < 4.78 is 0.768. The number of nitrogens with zero attached hydrogens (tertiary/aromatic N) is 1. The Morgan fingerprint density at radius 1 is 0.917 bits per heavy atom. The molecule has 8 heteroatoms. The number of amides is 3. The second-order valence-corrected chi connectivity index (χ2v) is 10.5. The monoisotopic (exact) mass is 540 g/mol. The van der Waals surface area contributed by atoms with E-state index in [2.05, 4.69) is 31.5 Å². The SMILES string of the molecule is O=C1[C@@H]2C(Cc3c[nH]c4ccccc34)NC3(C(=O)Nc4ccccc43)[C@@H]2C(=O)N1c1cccc(Br)c1. The maximum absolute atomic E-state index is 14.0. The van der Waals surface area contributed by atoms with Gasteiger partial charge in [0.05, 0.1) is 17.5 Å². The number of rotatable bonds is 3. The molecule has 0 saturated carbocycles. The zero-order chi connectivity index (χ0) is 24.6. The van der Waals surface area contributed by atoms with Gasteiger partial charge in [0.2, 0.25) is 17.7 Å². The Bertz CT molecular complexity index is 1600. The first-order chi connectivity index (χ1) is 17.5. The minimum atomic E-state index is -1.31. The third-order valence-electron chi connectivity index (χ3n) is 7.80. The lowest BCUT2D eigenvalue weighted by molar-refractivity contribution is -0.130. The number of halogens is 1. The number of aromatic nitrogens is 1. The van der Waals surface area contributed by atoms with Crippen molar-refractivity contribution in [1.82, 2.24) is 10.3 Å². The maximum atomic E-state index is 14.0. The second-order valence-electron chi connectivity index (χ2n) is 9.62. The molecule has 36 heavy (non-hydrogen) atoms. The predicted molar refractivity (Wildman–Crippen MR) is 139 cm³/mol. The molecule has 3 aliphatic heterocycles. The van der Waals surface area contributed by atoms with Crippen molar-refractivity contribution in [3.8, 4) is 0 Å². The molecule has 0 bridgehead atoms. The molecule has 3 aliphatic rings. The van der Waals surface area contributed by atoms with E-state index < -0.39 is 23.4 Å². The van der Waals surface area contributed by atoms with Crippen LogP contribution in [0, 0.1) is 11.8 Å². The molecule has 0 radical (unpaired) electrons. The van der Waals surface area contributed by atoms with Crippen LogP contribution in [0.25, 0.3) is 10.9 Å².